The molecule has 1 N–H and O–H groups in total. The second-order valence-electron chi connectivity index (χ2n) is 4.63. The van der Waals surface area contributed by atoms with Gasteiger partial charge >= 0.3 is 11.9 Å². The second-order valence-corrected chi connectivity index (χ2v) is 4.63. The highest BCUT2D eigenvalue weighted by atomic mass is 19.3. The third-order valence-electron chi connectivity index (χ3n) is 2.49. The van der Waals surface area contributed by atoms with Crippen molar-refractivity contribution in [1.29, 1.82) is 0 Å². The Labute approximate surface area is 81.7 Å². The Hall–Kier alpha value is -0.710. The first-order chi connectivity index (χ1) is 6.23. The lowest BCUT2D eigenvalue weighted by Crippen LogP contribution is -2.41. The number of aliphatic carboxylic acids is 1. The largest absolute Gasteiger partial charge is 0.477 e. The van der Waals surface area contributed by atoms with Crippen LogP contribution in [0.3, 0.4) is 0 Å². The maximum absolute atomic E-state index is 12.8. The van der Waals surface area contributed by atoms with Crippen molar-refractivity contribution in [3.63, 3.8) is 0 Å². The summed E-state index contributed by atoms with van der Waals surface area (Å²) in [6.07, 6.45) is 0.836. The molecule has 0 aromatic heterocycles. The maximum atomic E-state index is 12.8. The van der Waals surface area contributed by atoms with Gasteiger partial charge in [0, 0.05) is 6.54 Å². The molecule has 1 saturated heterocycles. The normalized spacial score (nSPS) is 22.6. The third-order valence-corrected chi connectivity index (χ3v) is 2.49. The molecule has 5 heteroatoms. The fraction of sp³-hybridized carbons (Fsp3) is 0.889. The minimum absolute atomic E-state index is 0.0224. The van der Waals surface area contributed by atoms with E-state index in [1.807, 2.05) is 13.8 Å². The Morgan fingerprint density at radius 3 is 2.50 bits per heavy atom. The maximum Gasteiger partial charge on any atom is 0.375 e. The summed E-state index contributed by atoms with van der Waals surface area (Å²) in [6, 6.07) is 0. The highest BCUT2D eigenvalue weighted by Crippen LogP contribution is 2.30. The van der Waals surface area contributed by atoms with Crippen molar-refractivity contribution in [2.24, 2.45) is 5.41 Å². The van der Waals surface area contributed by atoms with E-state index in [-0.39, 0.29) is 5.41 Å². The summed E-state index contributed by atoms with van der Waals surface area (Å²) in [5.41, 5.74) is 0.0224. The van der Waals surface area contributed by atoms with Crippen LogP contribution in [-0.2, 0) is 4.79 Å². The Morgan fingerprint density at radius 2 is 2.14 bits per heavy atom. The average Bonchev–Trinajstić information content (AvgIpc) is 2.28. The smallest absolute Gasteiger partial charge is 0.375 e. The van der Waals surface area contributed by atoms with Crippen molar-refractivity contribution in [1.82, 2.24) is 4.90 Å². The number of nitrogens with zero attached hydrogens (tertiary/aromatic N) is 1. The molecule has 82 valence electrons. The number of halogens is 2. The topological polar surface area (TPSA) is 40.5 Å². The van der Waals surface area contributed by atoms with E-state index in [1.165, 1.54) is 4.90 Å². The van der Waals surface area contributed by atoms with Crippen LogP contribution in [0.4, 0.5) is 8.78 Å². The molecular formula is C9H15F2NO2. The summed E-state index contributed by atoms with van der Waals surface area (Å²) in [7, 11) is 0. The first-order valence-electron chi connectivity index (χ1n) is 4.57. The van der Waals surface area contributed by atoms with Gasteiger partial charge in [-0.05, 0) is 18.4 Å². The summed E-state index contributed by atoms with van der Waals surface area (Å²) in [5, 5.41) is 8.26. The van der Waals surface area contributed by atoms with E-state index in [1.54, 1.807) is 0 Å². The molecule has 1 aliphatic rings. The Balaban J connectivity index is 2.51. The third kappa shape index (κ3) is 2.64. The van der Waals surface area contributed by atoms with E-state index in [9.17, 15) is 13.6 Å². The van der Waals surface area contributed by atoms with E-state index in [0.29, 0.717) is 13.1 Å². The molecule has 0 spiro atoms. The molecule has 0 bridgehead atoms. The van der Waals surface area contributed by atoms with Crippen LogP contribution < -0.4 is 0 Å². The van der Waals surface area contributed by atoms with Crippen LogP contribution in [0.2, 0.25) is 0 Å². The number of carboxylic acid groups (broad SMARTS) is 1. The monoisotopic (exact) mass is 207 g/mol. The van der Waals surface area contributed by atoms with Gasteiger partial charge in [-0.1, -0.05) is 13.8 Å². The SMILES string of the molecule is CC1(C)CCN(CC(F)(F)C(=O)O)C1. The average molecular weight is 207 g/mol. The van der Waals surface area contributed by atoms with E-state index < -0.39 is 18.4 Å². The van der Waals surface area contributed by atoms with Gasteiger partial charge in [-0.25, -0.2) is 4.79 Å². The van der Waals surface area contributed by atoms with Gasteiger partial charge < -0.3 is 5.11 Å². The molecule has 3 nitrogen and oxygen atoms in total. The van der Waals surface area contributed by atoms with Crippen molar-refractivity contribution < 1.29 is 18.7 Å². The van der Waals surface area contributed by atoms with Crippen molar-refractivity contribution in [2.45, 2.75) is 26.2 Å². The lowest BCUT2D eigenvalue weighted by molar-refractivity contribution is -0.167. The van der Waals surface area contributed by atoms with Crippen molar-refractivity contribution in [2.75, 3.05) is 19.6 Å². The molecule has 0 aliphatic carbocycles. The number of hydrogen-bond acceptors (Lipinski definition) is 2. The summed E-state index contributed by atoms with van der Waals surface area (Å²) in [6.45, 7) is 4.40. The fourth-order valence-electron chi connectivity index (χ4n) is 1.71. The van der Waals surface area contributed by atoms with Gasteiger partial charge in [-0.3, -0.25) is 4.90 Å². The van der Waals surface area contributed by atoms with Crippen molar-refractivity contribution in [3.05, 3.63) is 0 Å². The number of carboxylic acids is 1. The number of carbonyl (C=O) groups is 1. The van der Waals surface area contributed by atoms with Crippen LogP contribution in [0.15, 0.2) is 0 Å². The molecule has 1 aliphatic heterocycles. The van der Waals surface area contributed by atoms with Gasteiger partial charge in [0.15, 0.2) is 0 Å². The van der Waals surface area contributed by atoms with Gasteiger partial charge in [0.1, 0.15) is 0 Å². The molecule has 14 heavy (non-hydrogen) atoms. The van der Waals surface area contributed by atoms with E-state index >= 15 is 0 Å². The van der Waals surface area contributed by atoms with Crippen LogP contribution in [0, 0.1) is 5.41 Å². The van der Waals surface area contributed by atoms with E-state index in [0.717, 1.165) is 6.42 Å². The number of likely N-dealkylation sites (tertiary alicyclic amines) is 1. The van der Waals surface area contributed by atoms with Gasteiger partial charge in [-0.15, -0.1) is 0 Å². The summed E-state index contributed by atoms with van der Waals surface area (Å²) >= 11 is 0. The lowest BCUT2D eigenvalue weighted by Gasteiger charge is -2.22. The van der Waals surface area contributed by atoms with Crippen LogP contribution in [0.5, 0.6) is 0 Å². The number of hydrogen-bond donors (Lipinski definition) is 1. The predicted octanol–water partition coefficient (Wildman–Crippen LogP) is 1.44. The number of rotatable bonds is 3. The zero-order valence-electron chi connectivity index (χ0n) is 8.39. The molecule has 0 radical (unpaired) electrons. The minimum Gasteiger partial charge on any atom is -0.477 e. The molecule has 0 atom stereocenters. The van der Waals surface area contributed by atoms with E-state index in [4.69, 9.17) is 5.11 Å². The predicted molar refractivity (Wildman–Crippen MR) is 47.4 cm³/mol. The molecule has 0 aromatic rings. The zero-order valence-corrected chi connectivity index (χ0v) is 8.39. The number of alkyl halides is 2. The highest BCUT2D eigenvalue weighted by molar-refractivity contribution is 5.75. The quantitative estimate of drug-likeness (QED) is 0.761. The molecular weight excluding hydrogens is 192 g/mol. The van der Waals surface area contributed by atoms with Gasteiger partial charge in [0.05, 0.1) is 6.54 Å². The Kier molecular flexibility index (Phi) is 2.81. The molecule has 1 fully saturated rings. The fourth-order valence-corrected chi connectivity index (χ4v) is 1.71. The van der Waals surface area contributed by atoms with Gasteiger partial charge in [0.2, 0.25) is 0 Å². The van der Waals surface area contributed by atoms with Crippen LogP contribution in [-0.4, -0.2) is 41.5 Å². The molecule has 1 rings (SSSR count). The summed E-state index contributed by atoms with van der Waals surface area (Å²) < 4.78 is 25.6. The van der Waals surface area contributed by atoms with Crippen molar-refractivity contribution >= 4 is 5.97 Å². The first-order valence-corrected chi connectivity index (χ1v) is 4.57. The summed E-state index contributed by atoms with van der Waals surface area (Å²) in [4.78, 5) is 11.7. The van der Waals surface area contributed by atoms with E-state index in [2.05, 4.69) is 0 Å². The molecule has 0 saturated carbocycles. The highest BCUT2D eigenvalue weighted by Gasteiger charge is 2.43. The molecule has 0 aromatic carbocycles. The molecule has 0 unspecified atom stereocenters. The van der Waals surface area contributed by atoms with Crippen LogP contribution in [0.25, 0.3) is 0 Å². The minimum atomic E-state index is -3.62. The summed E-state index contributed by atoms with van der Waals surface area (Å²) in [5.74, 6) is -5.66. The Morgan fingerprint density at radius 1 is 1.57 bits per heavy atom. The second kappa shape index (κ2) is 3.46. The zero-order chi connectivity index (χ0) is 11.0. The van der Waals surface area contributed by atoms with Crippen LogP contribution in [0.1, 0.15) is 20.3 Å². The van der Waals surface area contributed by atoms with Crippen LogP contribution >= 0.6 is 0 Å². The lowest BCUT2D eigenvalue weighted by atomic mass is 9.93. The van der Waals surface area contributed by atoms with Gasteiger partial charge in [-0.2, -0.15) is 8.78 Å². The molecule has 0 amide bonds. The molecule has 1 heterocycles. The Bertz CT molecular complexity index is 241. The first kappa shape index (κ1) is 11.4. The van der Waals surface area contributed by atoms with Gasteiger partial charge in [0.25, 0.3) is 0 Å². The standard InChI is InChI=1S/C9H15F2NO2/c1-8(2)3-4-12(5-8)6-9(10,11)7(13)14/h3-6H2,1-2H3,(H,13,14). The van der Waals surface area contributed by atoms with Crippen molar-refractivity contribution in [3.8, 4) is 0 Å².